The smallest absolute Gasteiger partial charge is 0.159 e. The minimum Gasteiger partial charge on any atom is -0.306 e. The highest BCUT2D eigenvalue weighted by molar-refractivity contribution is 5.91. The van der Waals surface area contributed by atoms with Crippen LogP contribution in [0.3, 0.4) is 0 Å². The number of ketones is 1. The van der Waals surface area contributed by atoms with E-state index in [9.17, 15) is 4.79 Å². The van der Waals surface area contributed by atoms with E-state index in [2.05, 4.69) is 18.5 Å². The summed E-state index contributed by atoms with van der Waals surface area (Å²) in [5.41, 5.74) is 0. The van der Waals surface area contributed by atoms with Gasteiger partial charge in [0, 0.05) is 12.5 Å². The number of nitrogens with zero attached hydrogens (tertiary/aromatic N) is 1. The van der Waals surface area contributed by atoms with Gasteiger partial charge in [0.25, 0.3) is 0 Å². The van der Waals surface area contributed by atoms with Gasteiger partial charge < -0.3 is 4.90 Å². The molecule has 1 heterocycles. The largest absolute Gasteiger partial charge is 0.306 e. The summed E-state index contributed by atoms with van der Waals surface area (Å²) >= 11 is 0. The molecule has 0 aromatic rings. The van der Waals surface area contributed by atoms with Gasteiger partial charge in [0.15, 0.2) is 5.78 Å². The highest BCUT2D eigenvalue weighted by Gasteiger charge is 2.21. The second-order valence-electron chi connectivity index (χ2n) is 3.21. The Morgan fingerprint density at radius 3 is 3.00 bits per heavy atom. The summed E-state index contributed by atoms with van der Waals surface area (Å²) in [4.78, 5) is 13.4. The number of rotatable bonds is 2. The summed E-state index contributed by atoms with van der Waals surface area (Å²) in [6.07, 6.45) is 3.62. The lowest BCUT2D eigenvalue weighted by Crippen LogP contribution is -2.35. The second kappa shape index (κ2) is 3.67. The monoisotopic (exact) mass is 153 g/mol. The third kappa shape index (κ3) is 2.15. The van der Waals surface area contributed by atoms with E-state index in [1.165, 1.54) is 6.08 Å². The van der Waals surface area contributed by atoms with Gasteiger partial charge in [-0.05, 0) is 32.5 Å². The molecular formula is C9H15NO. The van der Waals surface area contributed by atoms with Gasteiger partial charge in [-0.3, -0.25) is 4.79 Å². The molecule has 0 amide bonds. The number of hydrogen-bond acceptors (Lipinski definition) is 2. The van der Waals surface area contributed by atoms with E-state index in [1.54, 1.807) is 0 Å². The lowest BCUT2D eigenvalue weighted by atomic mass is 9.94. The molecule has 1 atom stereocenters. The minimum absolute atomic E-state index is 0.205. The molecule has 0 aliphatic carbocycles. The molecule has 1 aliphatic heterocycles. The lowest BCUT2D eigenvalue weighted by Gasteiger charge is -2.27. The highest BCUT2D eigenvalue weighted by Crippen LogP contribution is 2.15. The quantitative estimate of drug-likeness (QED) is 0.553. The first kappa shape index (κ1) is 8.47. The molecule has 1 fully saturated rings. The summed E-state index contributed by atoms with van der Waals surface area (Å²) in [5.74, 6) is 0.419. The predicted octanol–water partition coefficient (Wildman–Crippen LogP) is 1.08. The molecule has 0 saturated carbocycles. The normalized spacial score (nSPS) is 26.5. The van der Waals surface area contributed by atoms with Crippen molar-refractivity contribution in [1.29, 1.82) is 0 Å². The molecule has 1 aliphatic rings. The van der Waals surface area contributed by atoms with Crippen molar-refractivity contribution in [3.8, 4) is 0 Å². The van der Waals surface area contributed by atoms with Crippen LogP contribution < -0.4 is 0 Å². The maximum atomic E-state index is 11.2. The zero-order chi connectivity index (χ0) is 8.27. The van der Waals surface area contributed by atoms with Gasteiger partial charge in [0.2, 0.25) is 0 Å². The van der Waals surface area contributed by atoms with E-state index in [4.69, 9.17) is 0 Å². The molecule has 11 heavy (non-hydrogen) atoms. The van der Waals surface area contributed by atoms with Crippen LogP contribution >= 0.6 is 0 Å². The molecule has 1 unspecified atom stereocenters. The van der Waals surface area contributed by atoms with Crippen molar-refractivity contribution in [3.63, 3.8) is 0 Å². The maximum Gasteiger partial charge on any atom is 0.159 e. The molecule has 1 rings (SSSR count). The third-order valence-corrected chi connectivity index (χ3v) is 2.23. The van der Waals surface area contributed by atoms with Crippen molar-refractivity contribution in [3.05, 3.63) is 12.7 Å². The van der Waals surface area contributed by atoms with Gasteiger partial charge in [0.05, 0.1) is 0 Å². The van der Waals surface area contributed by atoms with Crippen LogP contribution in [-0.4, -0.2) is 30.8 Å². The standard InChI is InChI=1S/C9H15NO/c1-3-9(11)8-5-4-6-10(2)7-8/h3,8H,1,4-7H2,2H3. The van der Waals surface area contributed by atoms with Crippen LogP contribution in [0.15, 0.2) is 12.7 Å². The van der Waals surface area contributed by atoms with E-state index < -0.39 is 0 Å². The summed E-state index contributed by atoms with van der Waals surface area (Å²) < 4.78 is 0. The van der Waals surface area contributed by atoms with Crippen molar-refractivity contribution in [2.45, 2.75) is 12.8 Å². The Labute approximate surface area is 67.9 Å². The predicted molar refractivity (Wildman–Crippen MR) is 45.4 cm³/mol. The molecule has 0 N–H and O–H groups in total. The first-order valence-corrected chi connectivity index (χ1v) is 4.09. The molecule has 0 aromatic heterocycles. The van der Waals surface area contributed by atoms with Gasteiger partial charge >= 0.3 is 0 Å². The number of piperidine rings is 1. The summed E-state index contributed by atoms with van der Waals surface area (Å²) in [6, 6.07) is 0. The fraction of sp³-hybridized carbons (Fsp3) is 0.667. The molecule has 0 radical (unpaired) electrons. The molecule has 1 saturated heterocycles. The van der Waals surface area contributed by atoms with E-state index in [0.29, 0.717) is 0 Å². The van der Waals surface area contributed by atoms with Crippen molar-refractivity contribution in [2.75, 3.05) is 20.1 Å². The Kier molecular flexibility index (Phi) is 2.83. The van der Waals surface area contributed by atoms with Gasteiger partial charge in [0.1, 0.15) is 0 Å². The van der Waals surface area contributed by atoms with Crippen LogP contribution in [0.5, 0.6) is 0 Å². The van der Waals surface area contributed by atoms with E-state index in [1.807, 2.05) is 0 Å². The zero-order valence-corrected chi connectivity index (χ0v) is 7.05. The second-order valence-corrected chi connectivity index (χ2v) is 3.21. The van der Waals surface area contributed by atoms with Crippen LogP contribution in [0, 0.1) is 5.92 Å². The molecule has 0 bridgehead atoms. The lowest BCUT2D eigenvalue weighted by molar-refractivity contribution is -0.119. The maximum absolute atomic E-state index is 11.2. The van der Waals surface area contributed by atoms with Gasteiger partial charge in [-0.1, -0.05) is 6.58 Å². The number of allylic oxidation sites excluding steroid dienone is 1. The highest BCUT2D eigenvalue weighted by atomic mass is 16.1. The number of carbonyl (C=O) groups excluding carboxylic acids is 1. The van der Waals surface area contributed by atoms with Crippen molar-refractivity contribution >= 4 is 5.78 Å². The Bertz CT molecular complexity index is 165. The van der Waals surface area contributed by atoms with E-state index in [0.717, 1.165) is 25.9 Å². The van der Waals surface area contributed by atoms with Gasteiger partial charge in [-0.2, -0.15) is 0 Å². The Morgan fingerprint density at radius 2 is 2.45 bits per heavy atom. The molecule has 0 spiro atoms. The number of likely N-dealkylation sites (tertiary alicyclic amines) is 1. The van der Waals surface area contributed by atoms with E-state index >= 15 is 0 Å². The zero-order valence-electron chi connectivity index (χ0n) is 7.05. The average molecular weight is 153 g/mol. The molecule has 62 valence electrons. The fourth-order valence-corrected chi connectivity index (χ4v) is 1.57. The minimum atomic E-state index is 0.205. The van der Waals surface area contributed by atoms with Crippen molar-refractivity contribution in [1.82, 2.24) is 4.90 Å². The van der Waals surface area contributed by atoms with Crippen molar-refractivity contribution < 1.29 is 4.79 Å². The van der Waals surface area contributed by atoms with Crippen LogP contribution in [0.25, 0.3) is 0 Å². The topological polar surface area (TPSA) is 20.3 Å². The van der Waals surface area contributed by atoms with Gasteiger partial charge in [-0.25, -0.2) is 0 Å². The summed E-state index contributed by atoms with van der Waals surface area (Å²) in [7, 11) is 2.06. The van der Waals surface area contributed by atoms with Crippen LogP contribution in [0.1, 0.15) is 12.8 Å². The Morgan fingerprint density at radius 1 is 1.73 bits per heavy atom. The van der Waals surface area contributed by atoms with Crippen LogP contribution in [0.4, 0.5) is 0 Å². The molecular weight excluding hydrogens is 138 g/mol. The molecule has 0 aromatic carbocycles. The fourth-order valence-electron chi connectivity index (χ4n) is 1.57. The number of carbonyl (C=O) groups is 1. The molecule has 2 heteroatoms. The SMILES string of the molecule is C=CC(=O)C1CCCN(C)C1. The first-order valence-electron chi connectivity index (χ1n) is 4.09. The summed E-state index contributed by atoms with van der Waals surface area (Å²) in [6.45, 7) is 5.53. The van der Waals surface area contributed by atoms with Gasteiger partial charge in [-0.15, -0.1) is 0 Å². The first-order chi connectivity index (χ1) is 5.24. The third-order valence-electron chi connectivity index (χ3n) is 2.23. The average Bonchev–Trinajstić information content (AvgIpc) is 2.03. The summed E-state index contributed by atoms with van der Waals surface area (Å²) in [5, 5.41) is 0. The Hall–Kier alpha value is -0.630. The molecule has 2 nitrogen and oxygen atoms in total. The van der Waals surface area contributed by atoms with E-state index in [-0.39, 0.29) is 11.7 Å². The Balaban J connectivity index is 2.45. The van der Waals surface area contributed by atoms with Crippen molar-refractivity contribution in [2.24, 2.45) is 5.92 Å². The van der Waals surface area contributed by atoms with Crippen LogP contribution in [0.2, 0.25) is 0 Å². The van der Waals surface area contributed by atoms with Crippen LogP contribution in [-0.2, 0) is 4.79 Å². The number of hydrogen-bond donors (Lipinski definition) is 0.